The van der Waals surface area contributed by atoms with Crippen LogP contribution in [0.5, 0.6) is 0 Å². The maximum absolute atomic E-state index is 5.57. The van der Waals surface area contributed by atoms with Gasteiger partial charge in [-0.25, -0.2) is 0 Å². The van der Waals surface area contributed by atoms with E-state index in [2.05, 4.69) is 5.10 Å². The molecule has 0 bridgehead atoms. The topological polar surface area (TPSA) is 43.8 Å². The molecule has 0 saturated heterocycles. The number of allylic oxidation sites excluding steroid dienone is 1. The molecule has 1 aromatic rings. The van der Waals surface area contributed by atoms with Crippen molar-refractivity contribution in [1.29, 1.82) is 0 Å². The van der Waals surface area contributed by atoms with E-state index in [1.165, 1.54) is 5.54 Å². The Morgan fingerprint density at radius 1 is 1.82 bits per heavy atom. The molecule has 1 aromatic heterocycles. The summed E-state index contributed by atoms with van der Waals surface area (Å²) in [6, 6.07) is 0. The highest BCUT2D eigenvalue weighted by molar-refractivity contribution is 6.25. The standard InChI is InChI=1S/C7H10ClN3/c1-6-7(9)5-10-11(6)4-2-3-8/h2-3,5H,4,9H2,1H3/b3-2+. The molecule has 0 aliphatic rings. The van der Waals surface area contributed by atoms with Gasteiger partial charge in [0.25, 0.3) is 0 Å². The molecular weight excluding hydrogens is 162 g/mol. The van der Waals surface area contributed by atoms with E-state index in [4.69, 9.17) is 17.3 Å². The van der Waals surface area contributed by atoms with Crippen molar-refractivity contribution in [3.8, 4) is 0 Å². The summed E-state index contributed by atoms with van der Waals surface area (Å²) in [4.78, 5) is 0. The molecule has 0 amide bonds. The van der Waals surface area contributed by atoms with Crippen molar-refractivity contribution in [3.05, 3.63) is 23.5 Å². The van der Waals surface area contributed by atoms with Crippen molar-refractivity contribution >= 4 is 17.3 Å². The van der Waals surface area contributed by atoms with Crippen LogP contribution in [0.4, 0.5) is 5.69 Å². The third kappa shape index (κ3) is 1.74. The molecule has 11 heavy (non-hydrogen) atoms. The Morgan fingerprint density at radius 2 is 2.55 bits per heavy atom. The molecule has 1 rings (SSSR count). The first-order valence-corrected chi connectivity index (χ1v) is 3.72. The number of nitrogens with zero attached hydrogens (tertiary/aromatic N) is 2. The fourth-order valence-electron chi connectivity index (χ4n) is 0.785. The first-order valence-electron chi connectivity index (χ1n) is 3.29. The predicted molar refractivity (Wildman–Crippen MR) is 46.4 cm³/mol. The molecule has 0 spiro atoms. The largest absolute Gasteiger partial charge is 0.396 e. The van der Waals surface area contributed by atoms with Crippen LogP contribution in [0.3, 0.4) is 0 Å². The number of rotatable bonds is 2. The van der Waals surface area contributed by atoms with Crippen LogP contribution in [0.25, 0.3) is 0 Å². The number of hydrogen-bond acceptors (Lipinski definition) is 2. The highest BCUT2D eigenvalue weighted by Gasteiger charge is 1.99. The van der Waals surface area contributed by atoms with Gasteiger partial charge in [-0.3, -0.25) is 4.68 Å². The van der Waals surface area contributed by atoms with Crippen molar-refractivity contribution in [2.45, 2.75) is 13.5 Å². The summed E-state index contributed by atoms with van der Waals surface area (Å²) >= 11 is 5.36. The molecule has 0 aromatic carbocycles. The Kier molecular flexibility index (Phi) is 2.54. The van der Waals surface area contributed by atoms with E-state index >= 15 is 0 Å². The molecule has 0 unspecified atom stereocenters. The number of halogens is 1. The Balaban J connectivity index is 2.78. The second-order valence-electron chi connectivity index (χ2n) is 2.23. The number of anilines is 1. The highest BCUT2D eigenvalue weighted by atomic mass is 35.5. The molecule has 3 nitrogen and oxygen atoms in total. The lowest BCUT2D eigenvalue weighted by Crippen LogP contribution is -2.00. The summed E-state index contributed by atoms with van der Waals surface area (Å²) < 4.78 is 1.79. The van der Waals surface area contributed by atoms with E-state index < -0.39 is 0 Å². The van der Waals surface area contributed by atoms with Crippen molar-refractivity contribution in [2.24, 2.45) is 0 Å². The van der Waals surface area contributed by atoms with Crippen LogP contribution >= 0.6 is 11.6 Å². The van der Waals surface area contributed by atoms with Gasteiger partial charge in [0.2, 0.25) is 0 Å². The lowest BCUT2D eigenvalue weighted by atomic mass is 10.4. The fourth-order valence-corrected chi connectivity index (χ4v) is 0.864. The Labute approximate surface area is 70.5 Å². The van der Waals surface area contributed by atoms with E-state index in [0.717, 1.165) is 5.69 Å². The summed E-state index contributed by atoms with van der Waals surface area (Å²) in [5, 5.41) is 4.03. The molecule has 0 atom stereocenters. The quantitative estimate of drug-likeness (QED) is 0.734. The molecular formula is C7H10ClN3. The van der Waals surface area contributed by atoms with E-state index in [1.54, 1.807) is 17.0 Å². The third-order valence-electron chi connectivity index (χ3n) is 1.51. The second-order valence-corrected chi connectivity index (χ2v) is 2.48. The van der Waals surface area contributed by atoms with Gasteiger partial charge in [0.15, 0.2) is 0 Å². The SMILES string of the molecule is Cc1c(N)cnn1C/C=C/Cl. The van der Waals surface area contributed by atoms with Gasteiger partial charge >= 0.3 is 0 Å². The van der Waals surface area contributed by atoms with Crippen LogP contribution in [-0.4, -0.2) is 9.78 Å². The number of aromatic nitrogens is 2. The first-order chi connectivity index (χ1) is 5.25. The Hall–Kier alpha value is -0.960. The van der Waals surface area contributed by atoms with Gasteiger partial charge in [0.1, 0.15) is 0 Å². The van der Waals surface area contributed by atoms with Crippen molar-refractivity contribution < 1.29 is 0 Å². The monoisotopic (exact) mass is 171 g/mol. The molecule has 0 fully saturated rings. The Morgan fingerprint density at radius 3 is 3.00 bits per heavy atom. The highest BCUT2D eigenvalue weighted by Crippen LogP contribution is 2.07. The van der Waals surface area contributed by atoms with Gasteiger partial charge < -0.3 is 5.73 Å². The summed E-state index contributed by atoms with van der Waals surface area (Å²) in [5.41, 5.74) is 8.73. The van der Waals surface area contributed by atoms with Gasteiger partial charge in [0.05, 0.1) is 24.1 Å². The summed E-state index contributed by atoms with van der Waals surface area (Å²) in [6.45, 7) is 2.59. The molecule has 0 saturated carbocycles. The molecule has 4 heteroatoms. The predicted octanol–water partition coefficient (Wildman–Crippen LogP) is 1.53. The molecule has 0 radical (unpaired) electrons. The van der Waals surface area contributed by atoms with E-state index in [0.29, 0.717) is 12.2 Å². The maximum Gasteiger partial charge on any atom is 0.0730 e. The van der Waals surface area contributed by atoms with Crippen LogP contribution in [0, 0.1) is 6.92 Å². The minimum Gasteiger partial charge on any atom is -0.396 e. The lowest BCUT2D eigenvalue weighted by Gasteiger charge is -1.98. The zero-order chi connectivity index (χ0) is 8.27. The average Bonchev–Trinajstić information content (AvgIpc) is 2.31. The molecule has 0 aliphatic carbocycles. The van der Waals surface area contributed by atoms with E-state index in [-0.39, 0.29) is 0 Å². The third-order valence-corrected chi connectivity index (χ3v) is 1.69. The summed E-state index contributed by atoms with van der Waals surface area (Å²) in [7, 11) is 0. The maximum atomic E-state index is 5.57. The van der Waals surface area contributed by atoms with Crippen molar-refractivity contribution in [2.75, 3.05) is 5.73 Å². The van der Waals surface area contributed by atoms with Gasteiger partial charge in [0, 0.05) is 5.54 Å². The van der Waals surface area contributed by atoms with Crippen LogP contribution < -0.4 is 5.73 Å². The van der Waals surface area contributed by atoms with Gasteiger partial charge in [-0.15, -0.1) is 0 Å². The lowest BCUT2D eigenvalue weighted by molar-refractivity contribution is 0.680. The smallest absolute Gasteiger partial charge is 0.0730 e. The second kappa shape index (κ2) is 3.44. The van der Waals surface area contributed by atoms with Gasteiger partial charge in [-0.05, 0) is 6.92 Å². The van der Waals surface area contributed by atoms with E-state index in [1.807, 2.05) is 6.92 Å². The Bertz CT molecular complexity index is 265. The fraction of sp³-hybridized carbons (Fsp3) is 0.286. The van der Waals surface area contributed by atoms with Gasteiger partial charge in [-0.1, -0.05) is 17.7 Å². The van der Waals surface area contributed by atoms with E-state index in [9.17, 15) is 0 Å². The molecule has 1 heterocycles. The van der Waals surface area contributed by atoms with Crippen LogP contribution in [0.2, 0.25) is 0 Å². The van der Waals surface area contributed by atoms with Crippen LogP contribution in [0.1, 0.15) is 5.69 Å². The molecule has 60 valence electrons. The molecule has 2 N–H and O–H groups in total. The van der Waals surface area contributed by atoms with Crippen LogP contribution in [-0.2, 0) is 6.54 Å². The van der Waals surface area contributed by atoms with Crippen LogP contribution in [0.15, 0.2) is 17.8 Å². The molecule has 0 aliphatic heterocycles. The number of nitrogen functional groups attached to an aromatic ring is 1. The normalized spacial score (nSPS) is 11.1. The zero-order valence-electron chi connectivity index (χ0n) is 6.29. The average molecular weight is 172 g/mol. The summed E-state index contributed by atoms with van der Waals surface area (Å²) in [6.07, 6.45) is 3.44. The van der Waals surface area contributed by atoms with Crippen molar-refractivity contribution in [3.63, 3.8) is 0 Å². The van der Waals surface area contributed by atoms with Gasteiger partial charge in [-0.2, -0.15) is 5.10 Å². The first kappa shape index (κ1) is 8.14. The minimum atomic E-state index is 0.673. The minimum absolute atomic E-state index is 0.673. The van der Waals surface area contributed by atoms with Crippen molar-refractivity contribution in [1.82, 2.24) is 9.78 Å². The zero-order valence-corrected chi connectivity index (χ0v) is 7.04. The number of hydrogen-bond donors (Lipinski definition) is 1. The summed E-state index contributed by atoms with van der Waals surface area (Å²) in [5.74, 6) is 0. The number of nitrogens with two attached hydrogens (primary N) is 1.